The molecule has 5 nitrogen and oxygen atoms in total. The maximum atomic E-state index is 12.0. The van der Waals surface area contributed by atoms with Crippen LogP contribution >= 0.6 is 11.3 Å². The minimum Gasteiger partial charge on any atom is -0.396 e. The fourth-order valence-electron chi connectivity index (χ4n) is 2.62. The molecule has 1 unspecified atom stereocenters. The predicted octanol–water partition coefficient (Wildman–Crippen LogP) is 0.879. The van der Waals surface area contributed by atoms with Crippen LogP contribution in [-0.4, -0.2) is 39.1 Å². The lowest BCUT2D eigenvalue weighted by molar-refractivity contribution is 0.219. The molecule has 102 valence electrons. The van der Waals surface area contributed by atoms with Gasteiger partial charge >= 0.3 is 0 Å². The molecule has 19 heavy (non-hydrogen) atoms. The maximum Gasteiger partial charge on any atom is 0.259 e. The van der Waals surface area contributed by atoms with E-state index in [1.165, 1.54) is 11.3 Å². The van der Waals surface area contributed by atoms with E-state index in [-0.39, 0.29) is 12.2 Å². The highest BCUT2D eigenvalue weighted by Gasteiger charge is 2.22. The number of aliphatic hydroxyl groups is 1. The molecule has 2 aromatic rings. The van der Waals surface area contributed by atoms with Gasteiger partial charge in [0.25, 0.3) is 5.56 Å². The highest BCUT2D eigenvalue weighted by Crippen LogP contribution is 2.18. The molecule has 1 saturated heterocycles. The van der Waals surface area contributed by atoms with E-state index in [4.69, 9.17) is 5.11 Å². The van der Waals surface area contributed by atoms with Crippen molar-refractivity contribution in [1.82, 2.24) is 14.3 Å². The lowest BCUT2D eigenvalue weighted by Crippen LogP contribution is -2.24. The first-order valence-corrected chi connectivity index (χ1v) is 7.35. The summed E-state index contributed by atoms with van der Waals surface area (Å²) < 4.78 is 1.65. The van der Waals surface area contributed by atoms with Crippen molar-refractivity contribution < 1.29 is 5.11 Å². The normalized spacial score (nSPS) is 20.4. The van der Waals surface area contributed by atoms with Gasteiger partial charge in [0.1, 0.15) is 0 Å². The fourth-order valence-corrected chi connectivity index (χ4v) is 3.51. The van der Waals surface area contributed by atoms with Gasteiger partial charge in [0, 0.05) is 36.8 Å². The molecule has 0 saturated carbocycles. The maximum absolute atomic E-state index is 12.0. The molecule has 1 aliphatic rings. The lowest BCUT2D eigenvalue weighted by Gasteiger charge is -2.14. The summed E-state index contributed by atoms with van der Waals surface area (Å²) >= 11 is 1.50. The van der Waals surface area contributed by atoms with Gasteiger partial charge in [-0.1, -0.05) is 0 Å². The van der Waals surface area contributed by atoms with Crippen molar-refractivity contribution in [3.05, 3.63) is 33.2 Å². The average molecular weight is 279 g/mol. The molecule has 0 spiro atoms. The van der Waals surface area contributed by atoms with Crippen LogP contribution in [0, 0.1) is 12.8 Å². The van der Waals surface area contributed by atoms with Crippen molar-refractivity contribution in [3.63, 3.8) is 0 Å². The van der Waals surface area contributed by atoms with Crippen molar-refractivity contribution in [2.24, 2.45) is 5.92 Å². The van der Waals surface area contributed by atoms with Crippen molar-refractivity contribution >= 4 is 16.3 Å². The first kappa shape index (κ1) is 12.8. The summed E-state index contributed by atoms with van der Waals surface area (Å²) in [7, 11) is 0. The second kappa shape index (κ2) is 5.03. The van der Waals surface area contributed by atoms with Gasteiger partial charge in [-0.15, -0.1) is 11.3 Å². The van der Waals surface area contributed by atoms with E-state index in [9.17, 15) is 4.79 Å². The Balaban J connectivity index is 1.84. The Hall–Kier alpha value is -1.24. The van der Waals surface area contributed by atoms with Crippen LogP contribution in [0.5, 0.6) is 0 Å². The molecule has 2 aromatic heterocycles. The van der Waals surface area contributed by atoms with E-state index >= 15 is 0 Å². The van der Waals surface area contributed by atoms with E-state index in [2.05, 4.69) is 9.88 Å². The molecular formula is C13H17N3O2S. The minimum absolute atomic E-state index is 0.00310. The predicted molar refractivity (Wildman–Crippen MR) is 74.5 cm³/mol. The molecule has 0 aromatic carbocycles. The lowest BCUT2D eigenvalue weighted by atomic mass is 10.1. The molecular weight excluding hydrogens is 262 g/mol. The Kier molecular flexibility index (Phi) is 3.38. The quantitative estimate of drug-likeness (QED) is 0.906. The highest BCUT2D eigenvalue weighted by atomic mass is 32.1. The van der Waals surface area contributed by atoms with Gasteiger partial charge in [-0.3, -0.25) is 14.1 Å². The molecule has 0 bridgehead atoms. The largest absolute Gasteiger partial charge is 0.396 e. The molecule has 1 N–H and O–H groups in total. The van der Waals surface area contributed by atoms with Crippen LogP contribution in [-0.2, 0) is 6.54 Å². The summed E-state index contributed by atoms with van der Waals surface area (Å²) in [6.07, 6.45) is 1.02. The molecule has 3 rings (SSSR count). The van der Waals surface area contributed by atoms with E-state index in [0.29, 0.717) is 12.5 Å². The number of likely N-dealkylation sites (tertiary alicyclic amines) is 1. The van der Waals surface area contributed by atoms with Gasteiger partial charge in [-0.05, 0) is 25.8 Å². The van der Waals surface area contributed by atoms with Crippen LogP contribution in [0.2, 0.25) is 0 Å². The number of fused-ring (bicyclic) bond motifs is 1. The zero-order valence-electron chi connectivity index (χ0n) is 10.9. The van der Waals surface area contributed by atoms with Gasteiger partial charge in [0.05, 0.1) is 5.69 Å². The van der Waals surface area contributed by atoms with Crippen LogP contribution in [0.4, 0.5) is 0 Å². The third kappa shape index (κ3) is 2.43. The summed E-state index contributed by atoms with van der Waals surface area (Å²) in [6, 6.07) is 1.62. The molecule has 1 fully saturated rings. The number of rotatable bonds is 3. The van der Waals surface area contributed by atoms with Crippen molar-refractivity contribution in [1.29, 1.82) is 0 Å². The number of nitrogens with zero attached hydrogens (tertiary/aromatic N) is 3. The molecule has 0 radical (unpaired) electrons. The first-order valence-electron chi connectivity index (χ1n) is 6.47. The highest BCUT2D eigenvalue weighted by molar-refractivity contribution is 7.15. The second-order valence-electron chi connectivity index (χ2n) is 5.15. The fraction of sp³-hybridized carbons (Fsp3) is 0.538. The van der Waals surface area contributed by atoms with Crippen LogP contribution in [0.1, 0.15) is 17.8 Å². The number of aryl methyl sites for hydroxylation is 1. The third-order valence-corrected chi connectivity index (χ3v) is 4.59. The second-order valence-corrected chi connectivity index (χ2v) is 5.99. The molecule has 1 aliphatic heterocycles. The van der Waals surface area contributed by atoms with Crippen molar-refractivity contribution in [2.45, 2.75) is 19.9 Å². The van der Waals surface area contributed by atoms with Crippen molar-refractivity contribution in [3.8, 4) is 0 Å². The summed E-state index contributed by atoms with van der Waals surface area (Å²) in [5, 5.41) is 11.1. The Morgan fingerprint density at radius 2 is 2.42 bits per heavy atom. The van der Waals surface area contributed by atoms with E-state index in [1.807, 2.05) is 12.3 Å². The van der Waals surface area contributed by atoms with Gasteiger partial charge in [-0.2, -0.15) is 0 Å². The summed E-state index contributed by atoms with van der Waals surface area (Å²) in [4.78, 5) is 19.6. The van der Waals surface area contributed by atoms with Gasteiger partial charge in [-0.25, -0.2) is 4.98 Å². The molecule has 6 heteroatoms. The van der Waals surface area contributed by atoms with Crippen molar-refractivity contribution in [2.75, 3.05) is 19.7 Å². The number of aliphatic hydroxyl groups excluding tert-OH is 1. The third-order valence-electron chi connectivity index (χ3n) is 3.64. The van der Waals surface area contributed by atoms with E-state index < -0.39 is 0 Å². The number of aromatic nitrogens is 2. The Morgan fingerprint density at radius 1 is 1.58 bits per heavy atom. The van der Waals surface area contributed by atoms with Crippen LogP contribution in [0.3, 0.4) is 0 Å². The number of hydrogen-bond donors (Lipinski definition) is 1. The summed E-state index contributed by atoms with van der Waals surface area (Å²) in [5.74, 6) is 0.369. The summed E-state index contributed by atoms with van der Waals surface area (Å²) in [5.41, 5.74) is 1.76. The monoisotopic (exact) mass is 279 g/mol. The smallest absolute Gasteiger partial charge is 0.259 e. The zero-order chi connectivity index (χ0) is 13.4. The molecule has 3 heterocycles. The SMILES string of the molecule is Cc1csc2nc(CN3CCC(CO)C3)cc(=O)n12. The standard InChI is InChI=1S/C13H17N3O2S/c1-9-8-19-13-14-11(4-12(18)16(9)13)6-15-3-2-10(5-15)7-17/h4,8,10,17H,2-3,5-7H2,1H3. The van der Waals surface area contributed by atoms with Gasteiger partial charge in [0.2, 0.25) is 0 Å². The topological polar surface area (TPSA) is 57.8 Å². The van der Waals surface area contributed by atoms with Crippen LogP contribution in [0.15, 0.2) is 16.2 Å². The molecule has 1 atom stereocenters. The number of hydrogen-bond acceptors (Lipinski definition) is 5. The van der Waals surface area contributed by atoms with Gasteiger partial charge in [0.15, 0.2) is 4.96 Å². The van der Waals surface area contributed by atoms with Gasteiger partial charge < -0.3 is 5.11 Å². The Labute approximate surface area is 115 Å². The Morgan fingerprint density at radius 3 is 3.16 bits per heavy atom. The number of thiazole rings is 1. The molecule has 0 amide bonds. The molecule has 0 aliphatic carbocycles. The first-order chi connectivity index (χ1) is 9.17. The average Bonchev–Trinajstić information content (AvgIpc) is 2.97. The van der Waals surface area contributed by atoms with E-state index in [1.54, 1.807) is 10.5 Å². The zero-order valence-corrected chi connectivity index (χ0v) is 11.7. The van der Waals surface area contributed by atoms with Crippen LogP contribution in [0.25, 0.3) is 4.96 Å². The Bertz CT molecular complexity index is 649. The summed E-state index contributed by atoms with van der Waals surface area (Å²) in [6.45, 7) is 4.71. The minimum atomic E-state index is -0.00310. The van der Waals surface area contributed by atoms with E-state index in [0.717, 1.165) is 35.9 Å². The van der Waals surface area contributed by atoms with Crippen LogP contribution < -0.4 is 5.56 Å².